The number of nitrogens with two attached hydrogens (primary N) is 1. The molecule has 0 aromatic heterocycles. The molecule has 2 rings (SSSR count). The number of hydrogen-bond donors (Lipinski definition) is 1. The van der Waals surface area contributed by atoms with Gasteiger partial charge in [-0.1, -0.05) is 15.9 Å². The van der Waals surface area contributed by atoms with Gasteiger partial charge in [-0.05, 0) is 40.2 Å². The first-order valence-corrected chi connectivity index (χ1v) is 7.16. The summed E-state index contributed by atoms with van der Waals surface area (Å²) in [5.41, 5.74) is 6.83. The minimum absolute atomic E-state index is 0.00679. The molecule has 0 unspecified atom stereocenters. The topological polar surface area (TPSA) is 78.4 Å². The van der Waals surface area contributed by atoms with Crippen molar-refractivity contribution in [3.05, 3.63) is 61.0 Å². The zero-order valence-corrected chi connectivity index (χ0v) is 13.3. The van der Waals surface area contributed by atoms with Crippen molar-refractivity contribution in [2.45, 2.75) is 6.61 Å². The van der Waals surface area contributed by atoms with Crippen molar-refractivity contribution in [2.24, 2.45) is 0 Å². The quantitative estimate of drug-likeness (QED) is 0.471. The first kappa shape index (κ1) is 14.8. The number of rotatable bonds is 4. The predicted octanol–water partition coefficient (Wildman–Crippen LogP) is 4.28. The average molecular weight is 402 g/mol. The highest BCUT2D eigenvalue weighted by Crippen LogP contribution is 2.29. The van der Waals surface area contributed by atoms with Crippen LogP contribution in [-0.2, 0) is 6.61 Å². The Balaban J connectivity index is 2.18. The standard InChI is InChI=1S/C13H10Br2N2O3/c14-9-1-4-13(11(15)6-9)20-7-8-5-10(17(18)19)2-3-12(8)16/h1-6H,7,16H2. The van der Waals surface area contributed by atoms with E-state index in [1.165, 1.54) is 18.2 Å². The number of anilines is 1. The van der Waals surface area contributed by atoms with Crippen LogP contribution in [0.4, 0.5) is 11.4 Å². The molecule has 5 nitrogen and oxygen atoms in total. The van der Waals surface area contributed by atoms with Crippen molar-refractivity contribution in [1.82, 2.24) is 0 Å². The van der Waals surface area contributed by atoms with Crippen LogP contribution in [0.2, 0.25) is 0 Å². The van der Waals surface area contributed by atoms with Gasteiger partial charge in [0, 0.05) is 27.9 Å². The van der Waals surface area contributed by atoms with E-state index >= 15 is 0 Å². The van der Waals surface area contributed by atoms with E-state index < -0.39 is 4.92 Å². The van der Waals surface area contributed by atoms with Gasteiger partial charge in [0.15, 0.2) is 0 Å². The lowest BCUT2D eigenvalue weighted by molar-refractivity contribution is -0.384. The summed E-state index contributed by atoms with van der Waals surface area (Å²) in [7, 11) is 0. The van der Waals surface area contributed by atoms with E-state index in [1.807, 2.05) is 12.1 Å². The highest BCUT2D eigenvalue weighted by Gasteiger charge is 2.10. The number of nitrogen functional groups attached to an aromatic ring is 1. The van der Waals surface area contributed by atoms with Crippen molar-refractivity contribution in [2.75, 3.05) is 5.73 Å². The molecule has 0 aliphatic rings. The Morgan fingerprint density at radius 1 is 1.20 bits per heavy atom. The third-order valence-corrected chi connectivity index (χ3v) is 3.73. The van der Waals surface area contributed by atoms with Crippen LogP contribution in [0, 0.1) is 10.1 Å². The molecule has 0 fully saturated rings. The van der Waals surface area contributed by atoms with Crippen LogP contribution in [0.5, 0.6) is 5.75 Å². The van der Waals surface area contributed by atoms with Gasteiger partial charge in [-0.25, -0.2) is 0 Å². The fourth-order valence-electron chi connectivity index (χ4n) is 1.58. The maximum Gasteiger partial charge on any atom is 0.269 e. The maximum atomic E-state index is 10.7. The summed E-state index contributed by atoms with van der Waals surface area (Å²) in [6.45, 7) is 0.160. The number of nitrogens with zero attached hydrogens (tertiary/aromatic N) is 1. The van der Waals surface area contributed by atoms with Crippen molar-refractivity contribution in [1.29, 1.82) is 0 Å². The Labute approximate surface area is 132 Å². The van der Waals surface area contributed by atoms with Gasteiger partial charge in [0.2, 0.25) is 0 Å². The zero-order valence-electron chi connectivity index (χ0n) is 10.2. The maximum absolute atomic E-state index is 10.7. The second-order valence-corrected chi connectivity index (χ2v) is 5.77. The first-order chi connectivity index (χ1) is 9.47. The fourth-order valence-corrected chi connectivity index (χ4v) is 2.74. The van der Waals surface area contributed by atoms with E-state index in [2.05, 4.69) is 31.9 Å². The summed E-state index contributed by atoms with van der Waals surface area (Å²) in [6.07, 6.45) is 0. The van der Waals surface area contributed by atoms with Crippen LogP contribution in [0.1, 0.15) is 5.56 Å². The Bertz CT molecular complexity index is 662. The summed E-state index contributed by atoms with van der Waals surface area (Å²) >= 11 is 6.73. The molecular weight excluding hydrogens is 392 g/mol. The fraction of sp³-hybridized carbons (Fsp3) is 0.0769. The summed E-state index contributed by atoms with van der Waals surface area (Å²) < 4.78 is 7.33. The Morgan fingerprint density at radius 3 is 2.60 bits per heavy atom. The molecule has 20 heavy (non-hydrogen) atoms. The van der Waals surface area contributed by atoms with Gasteiger partial charge < -0.3 is 10.5 Å². The second-order valence-electron chi connectivity index (χ2n) is 4.00. The third kappa shape index (κ3) is 3.49. The minimum atomic E-state index is -0.460. The third-order valence-electron chi connectivity index (χ3n) is 2.61. The summed E-state index contributed by atoms with van der Waals surface area (Å²) in [5, 5.41) is 10.7. The van der Waals surface area contributed by atoms with E-state index in [9.17, 15) is 10.1 Å². The van der Waals surface area contributed by atoms with Gasteiger partial charge in [0.05, 0.1) is 9.40 Å². The van der Waals surface area contributed by atoms with Crippen molar-refractivity contribution >= 4 is 43.2 Å². The largest absolute Gasteiger partial charge is 0.488 e. The summed E-state index contributed by atoms with van der Waals surface area (Å²) in [6, 6.07) is 9.79. The van der Waals surface area contributed by atoms with E-state index in [0.29, 0.717) is 17.0 Å². The summed E-state index contributed by atoms with van der Waals surface area (Å²) in [4.78, 5) is 10.3. The number of ether oxygens (including phenoxy) is 1. The van der Waals surface area contributed by atoms with Gasteiger partial charge in [-0.2, -0.15) is 0 Å². The lowest BCUT2D eigenvalue weighted by Crippen LogP contribution is -2.02. The van der Waals surface area contributed by atoms with Gasteiger partial charge >= 0.3 is 0 Å². The normalized spacial score (nSPS) is 10.3. The van der Waals surface area contributed by atoms with Crippen LogP contribution < -0.4 is 10.5 Å². The molecule has 104 valence electrons. The van der Waals surface area contributed by atoms with Gasteiger partial charge in [0.1, 0.15) is 12.4 Å². The Kier molecular flexibility index (Phi) is 4.61. The first-order valence-electron chi connectivity index (χ1n) is 5.58. The highest BCUT2D eigenvalue weighted by molar-refractivity contribution is 9.11. The molecule has 2 N–H and O–H groups in total. The molecule has 0 saturated carbocycles. The van der Waals surface area contributed by atoms with Gasteiger partial charge in [-0.15, -0.1) is 0 Å². The smallest absolute Gasteiger partial charge is 0.269 e. The van der Waals surface area contributed by atoms with Crippen molar-refractivity contribution in [3.8, 4) is 5.75 Å². The zero-order chi connectivity index (χ0) is 14.7. The molecule has 0 radical (unpaired) electrons. The number of non-ortho nitro benzene ring substituents is 1. The molecule has 0 spiro atoms. The lowest BCUT2D eigenvalue weighted by atomic mass is 10.1. The van der Waals surface area contributed by atoms with Crippen LogP contribution in [-0.4, -0.2) is 4.92 Å². The molecular formula is C13H10Br2N2O3. The Morgan fingerprint density at radius 2 is 1.95 bits per heavy atom. The molecule has 2 aromatic carbocycles. The molecule has 0 aliphatic heterocycles. The predicted molar refractivity (Wildman–Crippen MR) is 83.7 cm³/mol. The SMILES string of the molecule is Nc1ccc([N+](=O)[O-])cc1COc1ccc(Br)cc1Br. The number of nitro benzene ring substituents is 1. The molecule has 2 aromatic rings. The van der Waals surface area contributed by atoms with Gasteiger partial charge in [0.25, 0.3) is 5.69 Å². The average Bonchev–Trinajstić information content (AvgIpc) is 2.39. The molecule has 0 saturated heterocycles. The van der Waals surface area contributed by atoms with Crippen molar-refractivity contribution < 1.29 is 9.66 Å². The summed E-state index contributed by atoms with van der Waals surface area (Å²) in [5.74, 6) is 0.638. The molecule has 7 heteroatoms. The van der Waals surface area contributed by atoms with E-state index in [4.69, 9.17) is 10.5 Å². The van der Waals surface area contributed by atoms with E-state index in [1.54, 1.807) is 6.07 Å². The number of benzene rings is 2. The van der Waals surface area contributed by atoms with Gasteiger partial charge in [-0.3, -0.25) is 10.1 Å². The van der Waals surface area contributed by atoms with E-state index in [0.717, 1.165) is 8.95 Å². The van der Waals surface area contributed by atoms with Crippen LogP contribution in [0.25, 0.3) is 0 Å². The molecule has 0 heterocycles. The second kappa shape index (κ2) is 6.23. The molecule has 0 aliphatic carbocycles. The van der Waals surface area contributed by atoms with Crippen molar-refractivity contribution in [3.63, 3.8) is 0 Å². The molecule has 0 bridgehead atoms. The Hall–Kier alpha value is -1.60. The number of nitro groups is 1. The minimum Gasteiger partial charge on any atom is -0.488 e. The number of halogens is 2. The van der Waals surface area contributed by atoms with Crippen LogP contribution >= 0.6 is 31.9 Å². The number of hydrogen-bond acceptors (Lipinski definition) is 4. The highest BCUT2D eigenvalue weighted by atomic mass is 79.9. The van der Waals surface area contributed by atoms with Crippen LogP contribution in [0.15, 0.2) is 45.3 Å². The molecule has 0 amide bonds. The monoisotopic (exact) mass is 400 g/mol. The lowest BCUT2D eigenvalue weighted by Gasteiger charge is -2.10. The van der Waals surface area contributed by atoms with E-state index in [-0.39, 0.29) is 12.3 Å². The molecule has 0 atom stereocenters. The van der Waals surface area contributed by atoms with Crippen LogP contribution in [0.3, 0.4) is 0 Å².